The minimum atomic E-state index is -0.218. The van der Waals surface area contributed by atoms with Crippen LogP contribution >= 0.6 is 11.6 Å². The summed E-state index contributed by atoms with van der Waals surface area (Å²) in [5.74, 6) is 0. The first-order chi connectivity index (χ1) is 16.1. The molecule has 0 aliphatic carbocycles. The van der Waals surface area contributed by atoms with Gasteiger partial charge in [-0.15, -0.1) is 0 Å². The van der Waals surface area contributed by atoms with Crippen molar-refractivity contribution in [2.45, 2.75) is 13.1 Å². The quantitative estimate of drug-likeness (QED) is 0.473. The van der Waals surface area contributed by atoms with Gasteiger partial charge in [0.2, 0.25) is 0 Å². The zero-order valence-electron chi connectivity index (χ0n) is 18.0. The molecule has 4 aromatic rings. The molecule has 0 amide bonds. The van der Waals surface area contributed by atoms with Crippen LogP contribution in [0.25, 0.3) is 22.2 Å². The van der Waals surface area contributed by atoms with Crippen LogP contribution < -0.4 is 11.1 Å². The fourth-order valence-corrected chi connectivity index (χ4v) is 4.44. The van der Waals surface area contributed by atoms with Crippen molar-refractivity contribution in [2.75, 3.05) is 32.8 Å². The van der Waals surface area contributed by atoms with Gasteiger partial charge in [0.25, 0.3) is 11.1 Å². The van der Waals surface area contributed by atoms with Gasteiger partial charge in [-0.1, -0.05) is 29.8 Å². The molecule has 9 heteroatoms. The summed E-state index contributed by atoms with van der Waals surface area (Å²) >= 11 is 6.27. The fraction of sp³-hybridized carbons (Fsp3) is 0.292. The van der Waals surface area contributed by atoms with Crippen LogP contribution in [-0.4, -0.2) is 57.1 Å². The molecule has 170 valence electrons. The highest BCUT2D eigenvalue weighted by Crippen LogP contribution is 2.27. The van der Waals surface area contributed by atoms with Crippen molar-refractivity contribution < 1.29 is 4.74 Å². The molecule has 0 unspecified atom stereocenters. The lowest BCUT2D eigenvalue weighted by Gasteiger charge is -2.26. The minimum absolute atomic E-state index is 0.164. The van der Waals surface area contributed by atoms with Gasteiger partial charge < -0.3 is 9.30 Å². The number of halogens is 1. The predicted molar refractivity (Wildman–Crippen MR) is 128 cm³/mol. The van der Waals surface area contributed by atoms with Crippen LogP contribution in [0.4, 0.5) is 0 Å². The van der Waals surface area contributed by atoms with Crippen LogP contribution in [0.2, 0.25) is 5.02 Å². The summed E-state index contributed by atoms with van der Waals surface area (Å²) in [5.41, 5.74) is 2.10. The Morgan fingerprint density at radius 3 is 2.64 bits per heavy atom. The van der Waals surface area contributed by atoms with E-state index >= 15 is 0 Å². The van der Waals surface area contributed by atoms with Crippen molar-refractivity contribution in [3.05, 3.63) is 86.2 Å². The SMILES string of the molecule is O=c1c2c(-c3cccc(Cl)c3)n(Cc3ccccn3)c(=O)cc2[nH]n1CCN1CCOCC1. The number of hydrogen-bond donors (Lipinski definition) is 1. The van der Waals surface area contributed by atoms with Gasteiger partial charge in [0.15, 0.2) is 0 Å². The topological polar surface area (TPSA) is 85.2 Å². The Hall–Kier alpha value is -3.20. The molecule has 1 aromatic carbocycles. The Balaban J connectivity index is 1.64. The van der Waals surface area contributed by atoms with Gasteiger partial charge in [-0.3, -0.25) is 29.3 Å². The first-order valence-corrected chi connectivity index (χ1v) is 11.3. The second-order valence-electron chi connectivity index (χ2n) is 8.06. The van der Waals surface area contributed by atoms with Crippen LogP contribution in [0.15, 0.2) is 64.3 Å². The molecule has 0 spiro atoms. The summed E-state index contributed by atoms with van der Waals surface area (Å²) < 4.78 is 8.58. The van der Waals surface area contributed by atoms with E-state index in [1.165, 1.54) is 6.07 Å². The zero-order chi connectivity index (χ0) is 22.8. The van der Waals surface area contributed by atoms with Crippen LogP contribution in [0.1, 0.15) is 5.69 Å². The Morgan fingerprint density at radius 2 is 1.88 bits per heavy atom. The average molecular weight is 466 g/mol. The van der Waals surface area contributed by atoms with Crippen molar-refractivity contribution in [3.63, 3.8) is 0 Å². The first-order valence-electron chi connectivity index (χ1n) is 10.9. The lowest BCUT2D eigenvalue weighted by molar-refractivity contribution is 0.0359. The van der Waals surface area contributed by atoms with E-state index in [9.17, 15) is 9.59 Å². The molecule has 0 saturated carbocycles. The summed E-state index contributed by atoms with van der Waals surface area (Å²) in [6.45, 7) is 4.56. The summed E-state index contributed by atoms with van der Waals surface area (Å²) in [6, 6.07) is 14.3. The summed E-state index contributed by atoms with van der Waals surface area (Å²) in [5, 5.41) is 4.14. The van der Waals surface area contributed by atoms with Crippen LogP contribution in [-0.2, 0) is 17.8 Å². The molecular weight excluding hydrogens is 442 g/mol. The van der Waals surface area contributed by atoms with Gasteiger partial charge in [0.05, 0.1) is 48.6 Å². The highest BCUT2D eigenvalue weighted by atomic mass is 35.5. The van der Waals surface area contributed by atoms with E-state index in [1.54, 1.807) is 27.6 Å². The second kappa shape index (κ2) is 9.35. The van der Waals surface area contributed by atoms with Crippen LogP contribution in [0, 0.1) is 0 Å². The number of benzene rings is 1. The van der Waals surface area contributed by atoms with Crippen molar-refractivity contribution >= 4 is 22.5 Å². The largest absolute Gasteiger partial charge is 0.379 e. The molecule has 5 rings (SSSR count). The molecule has 1 aliphatic heterocycles. The number of rotatable bonds is 6. The average Bonchev–Trinajstić information content (AvgIpc) is 3.14. The monoisotopic (exact) mass is 465 g/mol. The number of nitrogens with one attached hydrogen (secondary N) is 1. The first kappa shape index (κ1) is 21.6. The highest BCUT2D eigenvalue weighted by Gasteiger charge is 2.20. The van der Waals surface area contributed by atoms with E-state index in [0.717, 1.165) is 25.3 Å². The Labute approximate surface area is 195 Å². The van der Waals surface area contributed by atoms with E-state index in [2.05, 4.69) is 15.0 Å². The van der Waals surface area contributed by atoms with Gasteiger partial charge in [0.1, 0.15) is 0 Å². The van der Waals surface area contributed by atoms with E-state index in [-0.39, 0.29) is 17.7 Å². The van der Waals surface area contributed by atoms with E-state index in [0.29, 0.717) is 46.9 Å². The van der Waals surface area contributed by atoms with Gasteiger partial charge >= 0.3 is 0 Å². The van der Waals surface area contributed by atoms with Gasteiger partial charge in [-0.25, -0.2) is 0 Å². The molecule has 8 nitrogen and oxygen atoms in total. The van der Waals surface area contributed by atoms with Gasteiger partial charge in [-0.05, 0) is 24.3 Å². The molecule has 0 bridgehead atoms. The van der Waals surface area contributed by atoms with E-state index in [4.69, 9.17) is 16.3 Å². The number of H-pyrrole nitrogens is 1. The fourth-order valence-electron chi connectivity index (χ4n) is 4.25. The van der Waals surface area contributed by atoms with Crippen LogP contribution in [0.3, 0.4) is 0 Å². The maximum atomic E-state index is 13.5. The minimum Gasteiger partial charge on any atom is -0.379 e. The smallest absolute Gasteiger partial charge is 0.276 e. The maximum Gasteiger partial charge on any atom is 0.276 e. The maximum absolute atomic E-state index is 13.5. The number of nitrogens with zero attached hydrogens (tertiary/aromatic N) is 4. The second-order valence-corrected chi connectivity index (χ2v) is 8.50. The molecule has 0 radical (unpaired) electrons. The third-order valence-electron chi connectivity index (χ3n) is 5.91. The van der Waals surface area contributed by atoms with Crippen LogP contribution in [0.5, 0.6) is 0 Å². The number of ether oxygens (including phenoxy) is 1. The third-order valence-corrected chi connectivity index (χ3v) is 6.15. The zero-order valence-corrected chi connectivity index (χ0v) is 18.8. The number of fused-ring (bicyclic) bond motifs is 1. The number of hydrogen-bond acceptors (Lipinski definition) is 5. The van der Waals surface area contributed by atoms with E-state index < -0.39 is 0 Å². The standard InChI is InChI=1S/C24H24ClN5O3/c25-18-5-3-4-17(14-18)23-22-20(15-21(31)29(23)16-19-6-1-2-7-26-19)27-30(24(22)32)9-8-28-10-12-33-13-11-28/h1-7,14-15,27H,8-13,16H2. The van der Waals surface area contributed by atoms with E-state index in [1.807, 2.05) is 30.3 Å². The number of aromatic nitrogens is 4. The third kappa shape index (κ3) is 4.50. The summed E-state index contributed by atoms with van der Waals surface area (Å²) in [4.78, 5) is 33.3. The molecule has 33 heavy (non-hydrogen) atoms. The van der Waals surface area contributed by atoms with Crippen molar-refractivity contribution in [3.8, 4) is 11.3 Å². The normalized spacial score (nSPS) is 14.7. The molecule has 0 atom stereocenters. The lowest BCUT2D eigenvalue weighted by atomic mass is 10.1. The highest BCUT2D eigenvalue weighted by molar-refractivity contribution is 6.30. The van der Waals surface area contributed by atoms with Crippen molar-refractivity contribution in [1.29, 1.82) is 0 Å². The van der Waals surface area contributed by atoms with Gasteiger partial charge in [-0.2, -0.15) is 0 Å². The summed E-state index contributed by atoms with van der Waals surface area (Å²) in [7, 11) is 0. The Morgan fingerprint density at radius 1 is 1.03 bits per heavy atom. The predicted octanol–water partition coefficient (Wildman–Crippen LogP) is 2.59. The number of aromatic amines is 1. The van der Waals surface area contributed by atoms with Crippen molar-refractivity contribution in [2.24, 2.45) is 0 Å². The Kier molecular flexibility index (Phi) is 6.13. The molecule has 4 heterocycles. The summed E-state index contributed by atoms with van der Waals surface area (Å²) in [6.07, 6.45) is 1.69. The van der Waals surface area contributed by atoms with Gasteiger partial charge in [0, 0.05) is 42.5 Å². The lowest BCUT2D eigenvalue weighted by Crippen LogP contribution is -2.39. The molecule has 1 fully saturated rings. The molecule has 1 N–H and O–H groups in total. The van der Waals surface area contributed by atoms with Crippen molar-refractivity contribution in [1.82, 2.24) is 24.2 Å². The number of morpholine rings is 1. The number of pyridine rings is 2. The molecule has 3 aromatic heterocycles. The molecule has 1 saturated heterocycles. The molecule has 1 aliphatic rings. The molecular formula is C24H24ClN5O3. The Bertz CT molecular complexity index is 1390.